The van der Waals surface area contributed by atoms with Crippen LogP contribution in [0.2, 0.25) is 0 Å². The molecule has 1 amide bonds. The second-order valence-electron chi connectivity index (χ2n) is 9.25. The normalized spacial score (nSPS) is 23.9. The highest BCUT2D eigenvalue weighted by atomic mass is 32.2. The highest BCUT2D eigenvalue weighted by molar-refractivity contribution is 8.01. The molecule has 2 heterocycles. The summed E-state index contributed by atoms with van der Waals surface area (Å²) in [5.74, 6) is 0.0305. The topological polar surface area (TPSA) is 47.3 Å². The summed E-state index contributed by atoms with van der Waals surface area (Å²) in [6, 6.07) is 30.5. The van der Waals surface area contributed by atoms with Crippen molar-refractivity contribution in [3.8, 4) is 6.07 Å². The van der Waals surface area contributed by atoms with Gasteiger partial charge in [-0.05, 0) is 49.6 Å². The van der Waals surface area contributed by atoms with Gasteiger partial charge in [-0.2, -0.15) is 5.26 Å². The molecule has 3 aromatic rings. The lowest BCUT2D eigenvalue weighted by atomic mass is 9.89. The Morgan fingerprint density at radius 3 is 2.21 bits per heavy atom. The van der Waals surface area contributed by atoms with Gasteiger partial charge < -0.3 is 9.80 Å². The molecule has 4 nitrogen and oxygen atoms in total. The van der Waals surface area contributed by atoms with Gasteiger partial charge in [0.05, 0.1) is 12.1 Å². The van der Waals surface area contributed by atoms with E-state index in [0.717, 1.165) is 11.3 Å². The first-order valence-corrected chi connectivity index (χ1v) is 12.2. The third kappa shape index (κ3) is 3.50. The van der Waals surface area contributed by atoms with Crippen molar-refractivity contribution in [2.24, 2.45) is 0 Å². The van der Waals surface area contributed by atoms with Crippen molar-refractivity contribution in [2.45, 2.75) is 49.0 Å². The highest BCUT2D eigenvalue weighted by Gasteiger charge is 2.64. The molecule has 0 aliphatic carbocycles. The number of fused-ring (bicyclic) bond motifs is 1. The van der Waals surface area contributed by atoms with Crippen LogP contribution in [0.25, 0.3) is 0 Å². The largest absolute Gasteiger partial charge is 0.346 e. The molecule has 0 bridgehead atoms. The molecule has 5 rings (SSSR count). The third-order valence-electron chi connectivity index (χ3n) is 6.77. The van der Waals surface area contributed by atoms with E-state index < -0.39 is 6.04 Å². The van der Waals surface area contributed by atoms with Crippen LogP contribution in [-0.4, -0.2) is 33.0 Å². The number of thioether (sulfide) groups is 1. The Hall–Kier alpha value is -3.23. The SMILES string of the molecule is Cc1ccccc1C(c1ccccc1)N(c1ccccc1)C1C(=O)N2C(C#N)C(C)(C)S[C@H]12. The molecule has 0 aromatic heterocycles. The minimum atomic E-state index is -0.414. The summed E-state index contributed by atoms with van der Waals surface area (Å²) in [7, 11) is 0. The number of carbonyl (C=O) groups excluding carboxylic acids is 1. The summed E-state index contributed by atoms with van der Waals surface area (Å²) in [5, 5.41) is 9.75. The standard InChI is InChI=1S/C28H27N3OS/c1-19-12-10-11-17-22(19)24(20-13-6-4-7-14-20)30(21-15-8-5-9-16-21)25-26(32)31-23(18-29)28(2,3)33-27(25)31/h4-17,23-25,27H,1-3H3/t23?,24?,25?,27-/m1/s1. The summed E-state index contributed by atoms with van der Waals surface area (Å²) in [6.07, 6.45) is 0. The molecule has 2 aliphatic heterocycles. The monoisotopic (exact) mass is 453 g/mol. The van der Waals surface area contributed by atoms with Crippen molar-refractivity contribution in [2.75, 3.05) is 4.90 Å². The Kier molecular flexibility index (Phi) is 5.42. The average molecular weight is 454 g/mol. The van der Waals surface area contributed by atoms with Crippen LogP contribution in [0.4, 0.5) is 5.69 Å². The molecule has 0 saturated carbocycles. The molecule has 3 aromatic carbocycles. The number of amides is 1. The number of hydrogen-bond donors (Lipinski definition) is 0. The number of β-lactam (4-membered cyclic amide) rings is 1. The minimum Gasteiger partial charge on any atom is -0.346 e. The number of benzene rings is 3. The van der Waals surface area contributed by atoms with Crippen molar-refractivity contribution in [3.63, 3.8) is 0 Å². The molecule has 2 aliphatic rings. The van der Waals surface area contributed by atoms with Gasteiger partial charge in [0, 0.05) is 10.4 Å². The summed E-state index contributed by atoms with van der Waals surface area (Å²) >= 11 is 1.74. The number of hydrogen-bond acceptors (Lipinski definition) is 4. The number of carbonyl (C=O) groups is 1. The average Bonchev–Trinajstić information content (AvgIpc) is 3.07. The second-order valence-corrected chi connectivity index (χ2v) is 11.0. The van der Waals surface area contributed by atoms with E-state index in [0.29, 0.717) is 0 Å². The van der Waals surface area contributed by atoms with Gasteiger partial charge in [-0.25, -0.2) is 0 Å². The molecular formula is C28H27N3OS. The lowest BCUT2D eigenvalue weighted by Crippen LogP contribution is -2.70. The molecule has 166 valence electrons. The van der Waals surface area contributed by atoms with Gasteiger partial charge in [0.2, 0.25) is 5.91 Å². The van der Waals surface area contributed by atoms with Crippen molar-refractivity contribution >= 4 is 23.4 Å². The minimum absolute atomic E-state index is 0.0305. The Bertz CT molecular complexity index is 1200. The molecular weight excluding hydrogens is 426 g/mol. The fourth-order valence-electron chi connectivity index (χ4n) is 5.14. The lowest BCUT2D eigenvalue weighted by Gasteiger charge is -2.51. The number of anilines is 1. The second kappa shape index (κ2) is 8.28. The van der Waals surface area contributed by atoms with Crippen LogP contribution in [-0.2, 0) is 4.79 Å². The summed E-state index contributed by atoms with van der Waals surface area (Å²) in [4.78, 5) is 17.8. The van der Waals surface area contributed by atoms with Crippen LogP contribution in [0.1, 0.15) is 36.6 Å². The molecule has 4 atom stereocenters. The van der Waals surface area contributed by atoms with Crippen LogP contribution in [0.3, 0.4) is 0 Å². The molecule has 3 unspecified atom stereocenters. The molecule has 0 spiro atoms. The van der Waals surface area contributed by atoms with Gasteiger partial charge in [-0.15, -0.1) is 11.8 Å². The lowest BCUT2D eigenvalue weighted by molar-refractivity contribution is -0.145. The first-order valence-electron chi connectivity index (χ1n) is 11.3. The van der Waals surface area contributed by atoms with E-state index >= 15 is 0 Å². The Balaban J connectivity index is 1.68. The molecule has 2 saturated heterocycles. The zero-order chi connectivity index (χ0) is 23.2. The fourth-order valence-corrected chi connectivity index (χ4v) is 6.77. The number of rotatable bonds is 5. The van der Waals surface area contributed by atoms with Crippen LogP contribution >= 0.6 is 11.8 Å². The first-order chi connectivity index (χ1) is 15.9. The zero-order valence-electron chi connectivity index (χ0n) is 19.1. The number of aryl methyl sites for hydroxylation is 1. The zero-order valence-corrected chi connectivity index (χ0v) is 19.9. The van der Waals surface area contributed by atoms with E-state index in [-0.39, 0.29) is 28.1 Å². The highest BCUT2D eigenvalue weighted by Crippen LogP contribution is 2.54. The van der Waals surface area contributed by atoms with Gasteiger partial charge in [0.25, 0.3) is 0 Å². The van der Waals surface area contributed by atoms with Gasteiger partial charge in [0.15, 0.2) is 0 Å². The predicted molar refractivity (Wildman–Crippen MR) is 134 cm³/mol. The van der Waals surface area contributed by atoms with Crippen molar-refractivity contribution < 1.29 is 4.79 Å². The molecule has 0 radical (unpaired) electrons. The first kappa shape index (κ1) is 21.6. The third-order valence-corrected chi connectivity index (χ3v) is 8.32. The molecule has 2 fully saturated rings. The molecule has 5 heteroatoms. The maximum atomic E-state index is 13.7. The summed E-state index contributed by atoms with van der Waals surface area (Å²) < 4.78 is -0.308. The van der Waals surface area contributed by atoms with Crippen LogP contribution < -0.4 is 4.90 Å². The van der Waals surface area contributed by atoms with Crippen molar-refractivity contribution in [1.29, 1.82) is 5.26 Å². The summed E-state index contributed by atoms with van der Waals surface area (Å²) in [6.45, 7) is 6.26. The quantitative estimate of drug-likeness (QED) is 0.476. The van der Waals surface area contributed by atoms with Gasteiger partial charge in [-0.1, -0.05) is 72.8 Å². The number of nitriles is 1. The van der Waals surface area contributed by atoms with E-state index in [4.69, 9.17) is 0 Å². The van der Waals surface area contributed by atoms with Gasteiger partial charge >= 0.3 is 0 Å². The Morgan fingerprint density at radius 1 is 0.970 bits per heavy atom. The Morgan fingerprint density at radius 2 is 1.58 bits per heavy atom. The van der Waals surface area contributed by atoms with Gasteiger partial charge in [-0.3, -0.25) is 4.79 Å². The van der Waals surface area contributed by atoms with E-state index in [1.54, 1.807) is 16.7 Å². The maximum absolute atomic E-state index is 13.7. The summed E-state index contributed by atoms with van der Waals surface area (Å²) in [5.41, 5.74) is 4.51. The van der Waals surface area contributed by atoms with Crippen LogP contribution in [0.5, 0.6) is 0 Å². The van der Waals surface area contributed by atoms with E-state index in [9.17, 15) is 10.1 Å². The fraction of sp³-hybridized carbons (Fsp3) is 0.286. The van der Waals surface area contributed by atoms with E-state index in [1.807, 2.05) is 24.3 Å². The maximum Gasteiger partial charge on any atom is 0.250 e. The van der Waals surface area contributed by atoms with Crippen LogP contribution in [0, 0.1) is 18.3 Å². The van der Waals surface area contributed by atoms with Crippen molar-refractivity contribution in [3.05, 3.63) is 102 Å². The van der Waals surface area contributed by atoms with E-state index in [2.05, 4.69) is 92.4 Å². The van der Waals surface area contributed by atoms with Crippen LogP contribution in [0.15, 0.2) is 84.9 Å². The van der Waals surface area contributed by atoms with Crippen molar-refractivity contribution in [1.82, 2.24) is 4.90 Å². The number of para-hydroxylation sites is 1. The predicted octanol–water partition coefficient (Wildman–Crippen LogP) is 5.55. The van der Waals surface area contributed by atoms with Gasteiger partial charge in [0.1, 0.15) is 17.5 Å². The number of nitrogens with zero attached hydrogens (tertiary/aromatic N) is 3. The molecule has 33 heavy (non-hydrogen) atoms. The Labute approximate surface area is 199 Å². The smallest absolute Gasteiger partial charge is 0.250 e. The molecule has 0 N–H and O–H groups in total. The van der Waals surface area contributed by atoms with E-state index in [1.165, 1.54) is 11.1 Å².